The summed E-state index contributed by atoms with van der Waals surface area (Å²) < 4.78 is 0. The molecule has 0 heterocycles. The van der Waals surface area contributed by atoms with Crippen LogP contribution < -0.4 is 5.48 Å². The van der Waals surface area contributed by atoms with Gasteiger partial charge in [-0.2, -0.15) is 0 Å². The molecule has 86 valence electrons. The molecule has 2 atom stereocenters. The van der Waals surface area contributed by atoms with Crippen molar-refractivity contribution in [2.24, 2.45) is 16.7 Å². The van der Waals surface area contributed by atoms with Crippen LogP contribution in [0.2, 0.25) is 0 Å². The molecule has 0 aliphatic heterocycles. The first-order valence-corrected chi connectivity index (χ1v) is 6.12. The molecule has 0 aromatic rings. The van der Waals surface area contributed by atoms with Gasteiger partial charge in [0.15, 0.2) is 0 Å². The molecule has 2 bridgehead atoms. The number of hydroxylamine groups is 1. The third-order valence-corrected chi connectivity index (χ3v) is 4.76. The van der Waals surface area contributed by atoms with E-state index in [9.17, 15) is 0 Å². The maximum Gasteiger partial charge on any atom is 0.0743 e. The Hall–Kier alpha value is -0.500. The fourth-order valence-electron chi connectivity index (χ4n) is 3.07. The van der Waals surface area contributed by atoms with E-state index in [1.807, 2.05) is 0 Å². The van der Waals surface area contributed by atoms with Crippen molar-refractivity contribution < 1.29 is 4.84 Å². The zero-order valence-electron chi connectivity index (χ0n) is 10.4. The van der Waals surface area contributed by atoms with Crippen LogP contribution in [0.25, 0.3) is 0 Å². The fraction of sp³-hybridized carbons (Fsp3) is 0.846. The average molecular weight is 209 g/mol. The first-order chi connectivity index (χ1) is 7.02. The second-order valence-corrected chi connectivity index (χ2v) is 5.73. The van der Waals surface area contributed by atoms with Crippen LogP contribution >= 0.6 is 0 Å². The Morgan fingerprint density at radius 3 is 2.67 bits per heavy atom. The number of rotatable bonds is 4. The predicted octanol–water partition coefficient (Wildman–Crippen LogP) is 3.26. The van der Waals surface area contributed by atoms with E-state index >= 15 is 0 Å². The lowest BCUT2D eigenvalue weighted by molar-refractivity contribution is 0.0355. The normalized spacial score (nSPS) is 36.8. The number of fused-ring (bicyclic) bond motifs is 2. The standard InChI is InChI=1S/C13H23NO/c1-5-8-15-14-11-9-10-6-7-13(11,4)12(10,2)3/h9-10,14H,5-8H2,1-4H3. The number of hydrogen-bond acceptors (Lipinski definition) is 2. The zero-order chi connectivity index (χ0) is 11.1. The summed E-state index contributed by atoms with van der Waals surface area (Å²) in [6, 6.07) is 0. The predicted molar refractivity (Wildman–Crippen MR) is 62.1 cm³/mol. The summed E-state index contributed by atoms with van der Waals surface area (Å²) in [6.45, 7) is 10.1. The molecule has 0 radical (unpaired) electrons. The van der Waals surface area contributed by atoms with Gasteiger partial charge in [0.05, 0.1) is 6.61 Å². The minimum absolute atomic E-state index is 0.297. The Morgan fingerprint density at radius 2 is 2.20 bits per heavy atom. The van der Waals surface area contributed by atoms with Crippen LogP contribution in [0.4, 0.5) is 0 Å². The average Bonchev–Trinajstić information content (AvgIpc) is 2.51. The van der Waals surface area contributed by atoms with Crippen LogP contribution in [0.3, 0.4) is 0 Å². The third-order valence-electron chi connectivity index (χ3n) is 4.76. The smallest absolute Gasteiger partial charge is 0.0743 e. The molecule has 2 heteroatoms. The van der Waals surface area contributed by atoms with Gasteiger partial charge in [-0.1, -0.05) is 33.8 Å². The monoisotopic (exact) mass is 209 g/mol. The lowest BCUT2D eigenvalue weighted by Gasteiger charge is -2.37. The molecule has 1 saturated carbocycles. The first-order valence-electron chi connectivity index (χ1n) is 6.12. The van der Waals surface area contributed by atoms with Gasteiger partial charge < -0.3 is 0 Å². The second-order valence-electron chi connectivity index (χ2n) is 5.73. The molecule has 2 aliphatic rings. The summed E-state index contributed by atoms with van der Waals surface area (Å²) in [6.07, 6.45) is 6.07. The SMILES string of the molecule is CCCONC1=CC2CCC1(C)C2(C)C. The van der Waals surface area contributed by atoms with Crippen molar-refractivity contribution >= 4 is 0 Å². The highest BCUT2D eigenvalue weighted by molar-refractivity contribution is 5.29. The fourth-order valence-corrected chi connectivity index (χ4v) is 3.07. The van der Waals surface area contributed by atoms with Gasteiger partial charge >= 0.3 is 0 Å². The summed E-state index contributed by atoms with van der Waals surface area (Å²) in [5.74, 6) is 0.732. The third kappa shape index (κ3) is 1.42. The maximum absolute atomic E-state index is 5.46. The number of allylic oxidation sites excluding steroid dienone is 2. The lowest BCUT2D eigenvalue weighted by Crippen LogP contribution is -2.35. The molecule has 0 amide bonds. The summed E-state index contributed by atoms with van der Waals surface area (Å²) in [5.41, 5.74) is 5.18. The van der Waals surface area contributed by atoms with E-state index in [1.54, 1.807) is 0 Å². The van der Waals surface area contributed by atoms with E-state index in [2.05, 4.69) is 39.3 Å². The van der Waals surface area contributed by atoms with E-state index in [4.69, 9.17) is 4.84 Å². The molecule has 0 aromatic carbocycles. The van der Waals surface area contributed by atoms with Crippen molar-refractivity contribution in [1.82, 2.24) is 5.48 Å². The summed E-state index contributed by atoms with van der Waals surface area (Å²) >= 11 is 0. The van der Waals surface area contributed by atoms with Gasteiger partial charge in [0.2, 0.25) is 0 Å². The highest BCUT2D eigenvalue weighted by atomic mass is 16.6. The van der Waals surface area contributed by atoms with Crippen molar-refractivity contribution in [3.8, 4) is 0 Å². The highest BCUT2D eigenvalue weighted by Gasteiger charge is 2.57. The van der Waals surface area contributed by atoms with Crippen molar-refractivity contribution in [3.63, 3.8) is 0 Å². The summed E-state index contributed by atoms with van der Waals surface area (Å²) in [4.78, 5) is 5.46. The molecule has 1 N–H and O–H groups in total. The highest BCUT2D eigenvalue weighted by Crippen LogP contribution is 2.64. The molecular formula is C13H23NO. The van der Waals surface area contributed by atoms with Crippen LogP contribution in [0, 0.1) is 16.7 Å². The molecule has 0 saturated heterocycles. The first kappa shape index (κ1) is 11.0. The van der Waals surface area contributed by atoms with E-state index in [-0.39, 0.29) is 0 Å². The Bertz CT molecular complexity index is 282. The van der Waals surface area contributed by atoms with Crippen molar-refractivity contribution in [1.29, 1.82) is 0 Å². The molecule has 15 heavy (non-hydrogen) atoms. The Morgan fingerprint density at radius 1 is 1.47 bits per heavy atom. The molecule has 2 unspecified atom stereocenters. The van der Waals surface area contributed by atoms with Crippen molar-refractivity contribution in [3.05, 3.63) is 11.8 Å². The second kappa shape index (κ2) is 3.51. The van der Waals surface area contributed by atoms with Crippen LogP contribution in [-0.4, -0.2) is 6.61 Å². The van der Waals surface area contributed by atoms with Gasteiger partial charge in [-0.05, 0) is 30.6 Å². The molecule has 2 rings (SSSR count). The largest absolute Gasteiger partial charge is 0.276 e. The van der Waals surface area contributed by atoms with Gasteiger partial charge in [0, 0.05) is 11.1 Å². The minimum atomic E-state index is 0.297. The van der Waals surface area contributed by atoms with Crippen LogP contribution in [0.15, 0.2) is 11.8 Å². The molecule has 0 spiro atoms. The van der Waals surface area contributed by atoms with Crippen LogP contribution in [-0.2, 0) is 4.84 Å². The molecule has 2 nitrogen and oxygen atoms in total. The molecule has 1 fully saturated rings. The quantitative estimate of drug-likeness (QED) is 0.567. The van der Waals surface area contributed by atoms with E-state index < -0.39 is 0 Å². The van der Waals surface area contributed by atoms with Gasteiger partial charge in [-0.15, -0.1) is 0 Å². The summed E-state index contributed by atoms with van der Waals surface area (Å²) in [7, 11) is 0. The topological polar surface area (TPSA) is 21.3 Å². The van der Waals surface area contributed by atoms with Gasteiger partial charge in [-0.25, -0.2) is 0 Å². The molecule has 0 aromatic heterocycles. The van der Waals surface area contributed by atoms with Crippen molar-refractivity contribution in [2.75, 3.05) is 6.61 Å². The van der Waals surface area contributed by atoms with Gasteiger partial charge in [0.25, 0.3) is 0 Å². The lowest BCUT2D eigenvalue weighted by atomic mass is 9.69. The molecular weight excluding hydrogens is 186 g/mol. The van der Waals surface area contributed by atoms with Crippen LogP contribution in [0.5, 0.6) is 0 Å². The van der Waals surface area contributed by atoms with Gasteiger partial charge in [-0.3, -0.25) is 10.3 Å². The number of hydrogen-bond donors (Lipinski definition) is 1. The van der Waals surface area contributed by atoms with Crippen molar-refractivity contribution in [2.45, 2.75) is 47.0 Å². The minimum Gasteiger partial charge on any atom is -0.276 e. The summed E-state index contributed by atoms with van der Waals surface area (Å²) in [5, 5.41) is 0. The number of nitrogens with one attached hydrogen (secondary N) is 1. The Balaban J connectivity index is 2.06. The zero-order valence-corrected chi connectivity index (χ0v) is 10.4. The van der Waals surface area contributed by atoms with E-state index in [0.29, 0.717) is 10.8 Å². The Kier molecular flexibility index (Phi) is 2.58. The maximum atomic E-state index is 5.46. The van der Waals surface area contributed by atoms with E-state index in [1.165, 1.54) is 18.5 Å². The molecule has 2 aliphatic carbocycles. The van der Waals surface area contributed by atoms with Crippen LogP contribution in [0.1, 0.15) is 47.0 Å². The van der Waals surface area contributed by atoms with E-state index in [0.717, 1.165) is 18.9 Å². The van der Waals surface area contributed by atoms with Gasteiger partial charge in [0.1, 0.15) is 0 Å². The Labute approximate surface area is 93.0 Å².